The number of rotatable bonds is 4. The summed E-state index contributed by atoms with van der Waals surface area (Å²) >= 11 is 0. The highest BCUT2D eigenvalue weighted by Gasteiger charge is 2.17. The number of hydrogen-bond donors (Lipinski definition) is 1. The third-order valence-electron chi connectivity index (χ3n) is 2.91. The predicted molar refractivity (Wildman–Crippen MR) is 76.5 cm³/mol. The molecule has 0 bridgehead atoms. The van der Waals surface area contributed by atoms with Crippen molar-refractivity contribution in [2.45, 2.75) is 13.8 Å². The lowest BCUT2D eigenvalue weighted by Gasteiger charge is -2.07. The zero-order valence-corrected chi connectivity index (χ0v) is 11.8. The number of aromatic nitrogens is 1. The summed E-state index contributed by atoms with van der Waals surface area (Å²) in [6, 6.07) is 4.67. The summed E-state index contributed by atoms with van der Waals surface area (Å²) in [5, 5.41) is 0.242. The van der Waals surface area contributed by atoms with Gasteiger partial charge in [-0.05, 0) is 26.0 Å². The number of esters is 2. The van der Waals surface area contributed by atoms with Gasteiger partial charge in [-0.1, -0.05) is 6.07 Å². The summed E-state index contributed by atoms with van der Waals surface area (Å²) in [5.74, 6) is -1.22. The zero-order chi connectivity index (χ0) is 15.4. The van der Waals surface area contributed by atoms with Gasteiger partial charge in [-0.3, -0.25) is 4.79 Å². The van der Waals surface area contributed by atoms with Crippen LogP contribution in [0.25, 0.3) is 10.9 Å². The first-order chi connectivity index (χ1) is 10.1. The summed E-state index contributed by atoms with van der Waals surface area (Å²) in [6.45, 7) is 3.77. The lowest BCUT2D eigenvalue weighted by Crippen LogP contribution is -2.19. The van der Waals surface area contributed by atoms with E-state index in [1.165, 1.54) is 6.20 Å². The molecule has 0 spiro atoms. The van der Waals surface area contributed by atoms with Gasteiger partial charge in [0.1, 0.15) is 5.56 Å². The molecule has 1 aromatic heterocycles. The van der Waals surface area contributed by atoms with Gasteiger partial charge in [0.25, 0.3) is 0 Å². The van der Waals surface area contributed by atoms with Crippen molar-refractivity contribution in [1.82, 2.24) is 4.98 Å². The fourth-order valence-corrected chi connectivity index (χ4v) is 1.99. The van der Waals surface area contributed by atoms with Gasteiger partial charge < -0.3 is 14.5 Å². The van der Waals surface area contributed by atoms with Crippen LogP contribution in [0.2, 0.25) is 0 Å². The molecular formula is C15H15NO5. The molecule has 1 N–H and O–H groups in total. The lowest BCUT2D eigenvalue weighted by atomic mass is 10.1. The van der Waals surface area contributed by atoms with Gasteiger partial charge in [-0.2, -0.15) is 0 Å². The number of benzene rings is 1. The van der Waals surface area contributed by atoms with E-state index in [0.29, 0.717) is 5.52 Å². The van der Waals surface area contributed by atoms with Crippen LogP contribution in [0.15, 0.2) is 29.2 Å². The van der Waals surface area contributed by atoms with E-state index in [-0.39, 0.29) is 29.7 Å². The number of aromatic amines is 1. The number of fused-ring (bicyclic) bond motifs is 1. The van der Waals surface area contributed by atoms with Crippen LogP contribution in [0.4, 0.5) is 0 Å². The molecular weight excluding hydrogens is 274 g/mol. The van der Waals surface area contributed by atoms with Crippen molar-refractivity contribution >= 4 is 22.8 Å². The highest BCUT2D eigenvalue weighted by atomic mass is 16.5. The Bertz CT molecular complexity index is 747. The maximum Gasteiger partial charge on any atom is 0.343 e. The van der Waals surface area contributed by atoms with Crippen molar-refractivity contribution in [2.75, 3.05) is 13.2 Å². The number of H-pyrrole nitrogens is 1. The number of nitrogens with one attached hydrogen (secondary N) is 1. The van der Waals surface area contributed by atoms with E-state index >= 15 is 0 Å². The Morgan fingerprint density at radius 2 is 1.67 bits per heavy atom. The maximum atomic E-state index is 12.3. The second-order valence-corrected chi connectivity index (χ2v) is 4.20. The van der Waals surface area contributed by atoms with Crippen LogP contribution in [-0.2, 0) is 9.47 Å². The largest absolute Gasteiger partial charge is 0.462 e. The number of carbonyl (C=O) groups is 2. The van der Waals surface area contributed by atoms with Crippen LogP contribution in [0, 0.1) is 0 Å². The highest BCUT2D eigenvalue weighted by Crippen LogP contribution is 2.15. The fraction of sp³-hybridized carbons (Fsp3) is 0.267. The summed E-state index contributed by atoms with van der Waals surface area (Å²) in [7, 11) is 0. The number of ether oxygens (including phenoxy) is 2. The van der Waals surface area contributed by atoms with Crippen molar-refractivity contribution in [3.05, 3.63) is 45.7 Å². The minimum atomic E-state index is -0.692. The summed E-state index contributed by atoms with van der Waals surface area (Å²) in [5.41, 5.74) is 0.0227. The standard InChI is InChI=1S/C15H15NO5/c1-3-20-14(18)10-7-5-6-9-12(10)16-8-11(13(9)17)15(19)21-4-2/h5-8H,3-4H2,1-2H3,(H,16,17). The Morgan fingerprint density at radius 3 is 2.29 bits per heavy atom. The average Bonchev–Trinajstić information content (AvgIpc) is 2.47. The maximum absolute atomic E-state index is 12.3. The molecule has 6 nitrogen and oxygen atoms in total. The molecule has 6 heteroatoms. The van der Waals surface area contributed by atoms with Crippen molar-refractivity contribution in [2.24, 2.45) is 0 Å². The molecule has 1 aromatic carbocycles. The monoisotopic (exact) mass is 289 g/mol. The number of hydrogen-bond acceptors (Lipinski definition) is 5. The van der Waals surface area contributed by atoms with Gasteiger partial charge in [0.05, 0.1) is 24.3 Å². The Morgan fingerprint density at radius 1 is 1.05 bits per heavy atom. The molecule has 21 heavy (non-hydrogen) atoms. The molecule has 0 fully saturated rings. The Hall–Kier alpha value is -2.63. The van der Waals surface area contributed by atoms with E-state index in [1.807, 2.05) is 0 Å². The van der Waals surface area contributed by atoms with E-state index in [0.717, 1.165) is 0 Å². The minimum absolute atomic E-state index is 0.0923. The molecule has 0 aliphatic carbocycles. The molecule has 0 aliphatic rings. The smallest absolute Gasteiger partial charge is 0.343 e. The molecule has 0 aliphatic heterocycles. The fourth-order valence-electron chi connectivity index (χ4n) is 1.99. The van der Waals surface area contributed by atoms with Crippen molar-refractivity contribution in [3.8, 4) is 0 Å². The van der Waals surface area contributed by atoms with Crippen LogP contribution in [-0.4, -0.2) is 30.1 Å². The molecule has 0 amide bonds. The summed E-state index contributed by atoms with van der Waals surface area (Å²) in [4.78, 5) is 38.7. The van der Waals surface area contributed by atoms with Crippen LogP contribution in [0.5, 0.6) is 0 Å². The number of pyridine rings is 1. The van der Waals surface area contributed by atoms with Crippen molar-refractivity contribution in [1.29, 1.82) is 0 Å². The van der Waals surface area contributed by atoms with Crippen molar-refractivity contribution in [3.63, 3.8) is 0 Å². The quantitative estimate of drug-likeness (QED) is 0.869. The van der Waals surface area contributed by atoms with Crippen LogP contribution >= 0.6 is 0 Å². The number of para-hydroxylation sites is 1. The van der Waals surface area contributed by atoms with Gasteiger partial charge >= 0.3 is 11.9 Å². The Kier molecular flexibility index (Phi) is 4.37. The summed E-state index contributed by atoms with van der Waals surface area (Å²) < 4.78 is 9.76. The van der Waals surface area contributed by atoms with E-state index < -0.39 is 17.4 Å². The Balaban J connectivity index is 2.60. The van der Waals surface area contributed by atoms with Gasteiger partial charge in [-0.25, -0.2) is 9.59 Å². The van der Waals surface area contributed by atoms with E-state index in [2.05, 4.69) is 4.98 Å². The molecule has 1 heterocycles. The molecule has 110 valence electrons. The lowest BCUT2D eigenvalue weighted by molar-refractivity contribution is 0.0518. The second kappa shape index (κ2) is 6.21. The molecule has 0 atom stereocenters. The van der Waals surface area contributed by atoms with Gasteiger partial charge in [0, 0.05) is 11.6 Å². The third kappa shape index (κ3) is 2.79. The van der Waals surface area contributed by atoms with Gasteiger partial charge in [-0.15, -0.1) is 0 Å². The first-order valence-electron chi connectivity index (χ1n) is 6.58. The zero-order valence-electron chi connectivity index (χ0n) is 11.8. The second-order valence-electron chi connectivity index (χ2n) is 4.20. The van der Waals surface area contributed by atoms with Crippen LogP contribution in [0.1, 0.15) is 34.6 Å². The molecule has 2 rings (SSSR count). The summed E-state index contributed by atoms with van der Waals surface area (Å²) in [6.07, 6.45) is 1.26. The highest BCUT2D eigenvalue weighted by molar-refractivity contribution is 6.04. The average molecular weight is 289 g/mol. The molecule has 2 aromatic rings. The molecule has 0 unspecified atom stereocenters. The van der Waals surface area contributed by atoms with E-state index in [4.69, 9.17) is 9.47 Å². The number of carbonyl (C=O) groups excluding carboxylic acids is 2. The first-order valence-corrected chi connectivity index (χ1v) is 6.58. The van der Waals surface area contributed by atoms with E-state index in [1.54, 1.807) is 32.0 Å². The van der Waals surface area contributed by atoms with E-state index in [9.17, 15) is 14.4 Å². The minimum Gasteiger partial charge on any atom is -0.462 e. The van der Waals surface area contributed by atoms with Gasteiger partial charge in [0.2, 0.25) is 5.43 Å². The first kappa shape index (κ1) is 14.8. The SMILES string of the molecule is CCOC(=O)c1c[nH]c2c(C(=O)OCC)cccc2c1=O. The Labute approximate surface area is 120 Å². The van der Waals surface area contributed by atoms with Crippen molar-refractivity contribution < 1.29 is 19.1 Å². The molecule has 0 saturated heterocycles. The normalized spacial score (nSPS) is 10.4. The third-order valence-corrected chi connectivity index (χ3v) is 2.91. The predicted octanol–water partition coefficient (Wildman–Crippen LogP) is 1.88. The molecule has 0 saturated carbocycles. The topological polar surface area (TPSA) is 85.5 Å². The molecule has 0 radical (unpaired) electrons. The van der Waals surface area contributed by atoms with Crippen LogP contribution in [0.3, 0.4) is 0 Å². The van der Waals surface area contributed by atoms with Crippen LogP contribution < -0.4 is 5.43 Å². The van der Waals surface area contributed by atoms with Gasteiger partial charge in [0.15, 0.2) is 0 Å².